The lowest BCUT2D eigenvalue weighted by Crippen LogP contribution is -2.26. The summed E-state index contributed by atoms with van der Waals surface area (Å²) in [5.41, 5.74) is 0.724. The number of halogens is 1. The van der Waals surface area contributed by atoms with Crippen molar-refractivity contribution in [3.05, 3.63) is 53.7 Å². The van der Waals surface area contributed by atoms with Crippen LogP contribution in [0.5, 0.6) is 0 Å². The molecule has 0 aliphatic carbocycles. The molecule has 1 N–H and O–H groups in total. The van der Waals surface area contributed by atoms with Crippen molar-refractivity contribution in [3.8, 4) is 0 Å². The van der Waals surface area contributed by atoms with E-state index in [0.29, 0.717) is 12.2 Å². The summed E-state index contributed by atoms with van der Waals surface area (Å²) in [6.45, 7) is 0.209. The minimum atomic E-state index is -3.61. The summed E-state index contributed by atoms with van der Waals surface area (Å²) in [4.78, 5) is 3.84. The fourth-order valence-electron chi connectivity index (χ4n) is 1.96. The molecule has 0 radical (unpaired) electrons. The van der Waals surface area contributed by atoms with Gasteiger partial charge in [0.2, 0.25) is 10.0 Å². The summed E-state index contributed by atoms with van der Waals surface area (Å²) in [6.07, 6.45) is 3.48. The summed E-state index contributed by atoms with van der Waals surface area (Å²) >= 11 is 5.64. The number of aromatic nitrogens is 4. The van der Waals surface area contributed by atoms with Crippen LogP contribution in [-0.2, 0) is 16.4 Å². The molecule has 0 atom stereocenters. The Kier molecular flexibility index (Phi) is 4.06. The van der Waals surface area contributed by atoms with E-state index in [2.05, 4.69) is 19.9 Å². The van der Waals surface area contributed by atoms with Gasteiger partial charge in [0.1, 0.15) is 15.9 Å². The zero-order chi connectivity index (χ0) is 15.6. The van der Waals surface area contributed by atoms with Crippen molar-refractivity contribution in [2.75, 3.05) is 6.54 Å². The Hall–Kier alpha value is -2.03. The first-order valence-electron chi connectivity index (χ1n) is 6.46. The van der Waals surface area contributed by atoms with E-state index in [9.17, 15) is 8.42 Å². The predicted octanol–water partition coefficient (Wildman–Crippen LogP) is 1.30. The van der Waals surface area contributed by atoms with Crippen LogP contribution in [-0.4, -0.2) is 34.5 Å². The lowest BCUT2D eigenvalue weighted by atomic mass is 10.4. The third kappa shape index (κ3) is 3.08. The number of pyridine rings is 2. The molecular weight excluding hydrogens is 326 g/mol. The Balaban J connectivity index is 1.68. The molecule has 3 aromatic heterocycles. The summed E-state index contributed by atoms with van der Waals surface area (Å²) in [5.74, 6) is 0.688. The molecule has 0 amide bonds. The molecule has 0 bridgehead atoms. The van der Waals surface area contributed by atoms with Crippen molar-refractivity contribution in [2.24, 2.45) is 0 Å². The first kappa shape index (κ1) is 14.9. The van der Waals surface area contributed by atoms with E-state index in [1.807, 2.05) is 28.8 Å². The molecule has 0 spiro atoms. The van der Waals surface area contributed by atoms with E-state index in [1.165, 1.54) is 18.3 Å². The van der Waals surface area contributed by atoms with Gasteiger partial charge in [-0.2, -0.15) is 0 Å². The van der Waals surface area contributed by atoms with Gasteiger partial charge in [0.25, 0.3) is 0 Å². The summed E-state index contributed by atoms with van der Waals surface area (Å²) < 4.78 is 28.5. The van der Waals surface area contributed by atoms with E-state index in [1.54, 1.807) is 0 Å². The molecule has 0 unspecified atom stereocenters. The van der Waals surface area contributed by atoms with Crippen LogP contribution in [0.25, 0.3) is 5.65 Å². The van der Waals surface area contributed by atoms with Gasteiger partial charge in [-0.25, -0.2) is 18.1 Å². The number of nitrogens with zero attached hydrogens (tertiary/aromatic N) is 4. The number of hydrogen-bond donors (Lipinski definition) is 1. The van der Waals surface area contributed by atoms with E-state index >= 15 is 0 Å². The van der Waals surface area contributed by atoms with Crippen LogP contribution in [0.2, 0.25) is 5.15 Å². The Morgan fingerprint density at radius 3 is 2.82 bits per heavy atom. The number of nitrogens with one attached hydrogen (secondary N) is 1. The predicted molar refractivity (Wildman–Crippen MR) is 81.1 cm³/mol. The second-order valence-corrected chi connectivity index (χ2v) is 6.66. The second kappa shape index (κ2) is 5.99. The van der Waals surface area contributed by atoms with Crippen LogP contribution >= 0.6 is 11.6 Å². The highest BCUT2D eigenvalue weighted by molar-refractivity contribution is 7.89. The lowest BCUT2D eigenvalue weighted by molar-refractivity contribution is 0.580. The van der Waals surface area contributed by atoms with Crippen molar-refractivity contribution < 1.29 is 8.42 Å². The topological polar surface area (TPSA) is 89.2 Å². The van der Waals surface area contributed by atoms with Gasteiger partial charge in [-0.05, 0) is 24.3 Å². The van der Waals surface area contributed by atoms with Crippen molar-refractivity contribution in [1.82, 2.24) is 24.3 Å². The molecule has 3 rings (SSSR count). The van der Waals surface area contributed by atoms with Crippen LogP contribution in [0.15, 0.2) is 47.6 Å². The smallest absolute Gasteiger partial charge is 0.242 e. The fourth-order valence-corrected chi connectivity index (χ4v) is 3.05. The Morgan fingerprint density at radius 1 is 1.18 bits per heavy atom. The third-order valence-corrected chi connectivity index (χ3v) is 4.71. The zero-order valence-electron chi connectivity index (χ0n) is 11.3. The maximum atomic E-state index is 12.1. The van der Waals surface area contributed by atoms with E-state index in [4.69, 9.17) is 11.6 Å². The van der Waals surface area contributed by atoms with E-state index < -0.39 is 10.0 Å². The number of rotatable bonds is 5. The molecule has 0 saturated carbocycles. The Labute approximate surface area is 132 Å². The van der Waals surface area contributed by atoms with Gasteiger partial charge in [0.05, 0.1) is 0 Å². The van der Waals surface area contributed by atoms with Gasteiger partial charge in [-0.3, -0.25) is 4.40 Å². The van der Waals surface area contributed by atoms with E-state index in [0.717, 1.165) is 5.65 Å². The molecule has 0 aliphatic heterocycles. The van der Waals surface area contributed by atoms with Gasteiger partial charge in [-0.15, -0.1) is 10.2 Å². The number of fused-ring (bicyclic) bond motifs is 1. The first-order valence-corrected chi connectivity index (χ1v) is 8.32. The van der Waals surface area contributed by atoms with E-state index in [-0.39, 0.29) is 16.6 Å². The SMILES string of the molecule is O=S(=O)(NCCc1nnc2ccccn12)c1ccc(Cl)nc1. The molecule has 3 aromatic rings. The van der Waals surface area contributed by atoms with Crippen molar-refractivity contribution in [2.45, 2.75) is 11.3 Å². The highest BCUT2D eigenvalue weighted by Gasteiger charge is 2.14. The lowest BCUT2D eigenvalue weighted by Gasteiger charge is -2.06. The van der Waals surface area contributed by atoms with Crippen LogP contribution in [0.3, 0.4) is 0 Å². The fraction of sp³-hybridized carbons (Fsp3) is 0.154. The molecule has 0 aromatic carbocycles. The molecule has 0 aliphatic rings. The minimum absolute atomic E-state index is 0.0722. The Morgan fingerprint density at radius 2 is 2.05 bits per heavy atom. The second-order valence-electron chi connectivity index (χ2n) is 4.51. The van der Waals surface area contributed by atoms with Gasteiger partial charge < -0.3 is 0 Å². The highest BCUT2D eigenvalue weighted by atomic mass is 35.5. The molecule has 9 heteroatoms. The summed E-state index contributed by atoms with van der Waals surface area (Å²) in [5, 5.41) is 8.30. The standard InChI is InChI=1S/C13H12ClN5O2S/c14-11-5-4-10(9-15-11)22(20,21)16-7-6-13-18-17-12-3-1-2-8-19(12)13/h1-5,8-9,16H,6-7H2. The quantitative estimate of drug-likeness (QED) is 0.709. The van der Waals surface area contributed by atoms with Gasteiger partial charge in [-0.1, -0.05) is 17.7 Å². The van der Waals surface area contributed by atoms with Gasteiger partial charge >= 0.3 is 0 Å². The average Bonchev–Trinajstić information content (AvgIpc) is 2.91. The van der Waals surface area contributed by atoms with Crippen molar-refractivity contribution in [3.63, 3.8) is 0 Å². The molecule has 7 nitrogen and oxygen atoms in total. The number of hydrogen-bond acceptors (Lipinski definition) is 5. The summed E-state index contributed by atoms with van der Waals surface area (Å²) in [6, 6.07) is 8.40. The Bertz CT molecular complexity index is 892. The summed E-state index contributed by atoms with van der Waals surface area (Å²) in [7, 11) is -3.61. The maximum absolute atomic E-state index is 12.1. The molecule has 114 valence electrons. The van der Waals surface area contributed by atoms with Crippen molar-refractivity contribution >= 4 is 27.3 Å². The van der Waals surface area contributed by atoms with Crippen LogP contribution in [0.4, 0.5) is 0 Å². The van der Waals surface area contributed by atoms with Gasteiger partial charge in [0.15, 0.2) is 5.65 Å². The first-order chi connectivity index (χ1) is 10.6. The monoisotopic (exact) mass is 337 g/mol. The molecular formula is C13H12ClN5O2S. The molecule has 3 heterocycles. The zero-order valence-corrected chi connectivity index (χ0v) is 12.9. The average molecular weight is 338 g/mol. The highest BCUT2D eigenvalue weighted by Crippen LogP contribution is 2.10. The minimum Gasteiger partial charge on any atom is -0.286 e. The largest absolute Gasteiger partial charge is 0.286 e. The van der Waals surface area contributed by atoms with Crippen LogP contribution in [0.1, 0.15) is 5.82 Å². The van der Waals surface area contributed by atoms with Gasteiger partial charge in [0, 0.05) is 25.4 Å². The van der Waals surface area contributed by atoms with Crippen molar-refractivity contribution in [1.29, 1.82) is 0 Å². The molecule has 22 heavy (non-hydrogen) atoms. The third-order valence-electron chi connectivity index (χ3n) is 3.04. The maximum Gasteiger partial charge on any atom is 0.242 e. The normalized spacial score (nSPS) is 11.9. The molecule has 0 fully saturated rings. The molecule has 0 saturated heterocycles. The van der Waals surface area contributed by atoms with Crippen LogP contribution < -0.4 is 4.72 Å². The van der Waals surface area contributed by atoms with Crippen LogP contribution in [0, 0.1) is 0 Å². The number of sulfonamides is 1.